The number of alkyl halides is 1. The second-order valence-corrected chi connectivity index (χ2v) is 4.59. The standard InChI is InChI=1S/C13H19FN2/c1-2-11-3-4-12(16-10-11)9-13(14)5-7-15-8-6-13/h3-4,10,15H,2,5-9H2,1H3. The summed E-state index contributed by atoms with van der Waals surface area (Å²) in [6.07, 6.45) is 4.50. The maximum Gasteiger partial charge on any atom is 0.119 e. The number of piperidine rings is 1. The van der Waals surface area contributed by atoms with E-state index in [0.717, 1.165) is 25.2 Å². The topological polar surface area (TPSA) is 24.9 Å². The number of aromatic nitrogens is 1. The van der Waals surface area contributed by atoms with Crippen LogP contribution in [0.3, 0.4) is 0 Å². The summed E-state index contributed by atoms with van der Waals surface area (Å²) in [5.74, 6) is 0. The zero-order valence-electron chi connectivity index (χ0n) is 9.80. The van der Waals surface area contributed by atoms with Crippen LogP contribution in [0.2, 0.25) is 0 Å². The maximum absolute atomic E-state index is 14.4. The molecule has 0 radical (unpaired) electrons. The molecule has 0 aromatic carbocycles. The molecule has 0 amide bonds. The molecular weight excluding hydrogens is 203 g/mol. The highest BCUT2D eigenvalue weighted by Gasteiger charge is 2.32. The second-order valence-electron chi connectivity index (χ2n) is 4.59. The van der Waals surface area contributed by atoms with E-state index in [0.29, 0.717) is 19.3 Å². The average Bonchev–Trinajstić information content (AvgIpc) is 2.30. The Bertz CT molecular complexity index is 328. The molecule has 3 heteroatoms. The van der Waals surface area contributed by atoms with Gasteiger partial charge in [-0.2, -0.15) is 0 Å². The van der Waals surface area contributed by atoms with E-state index >= 15 is 0 Å². The molecule has 1 N–H and O–H groups in total. The van der Waals surface area contributed by atoms with Gasteiger partial charge in [-0.1, -0.05) is 13.0 Å². The number of hydrogen-bond donors (Lipinski definition) is 1. The van der Waals surface area contributed by atoms with Gasteiger partial charge in [0.25, 0.3) is 0 Å². The summed E-state index contributed by atoms with van der Waals surface area (Å²) in [4.78, 5) is 4.33. The fraction of sp³-hybridized carbons (Fsp3) is 0.615. The summed E-state index contributed by atoms with van der Waals surface area (Å²) in [6.45, 7) is 3.66. The summed E-state index contributed by atoms with van der Waals surface area (Å²) in [7, 11) is 0. The quantitative estimate of drug-likeness (QED) is 0.848. The maximum atomic E-state index is 14.4. The van der Waals surface area contributed by atoms with Crippen molar-refractivity contribution in [3.05, 3.63) is 29.6 Å². The largest absolute Gasteiger partial charge is 0.316 e. The molecule has 0 saturated carbocycles. The van der Waals surface area contributed by atoms with Crippen LogP contribution in [0, 0.1) is 0 Å². The van der Waals surface area contributed by atoms with Gasteiger partial charge in [0.15, 0.2) is 0 Å². The van der Waals surface area contributed by atoms with Gasteiger partial charge < -0.3 is 5.32 Å². The molecule has 2 nitrogen and oxygen atoms in total. The molecule has 1 aliphatic heterocycles. The number of pyridine rings is 1. The van der Waals surface area contributed by atoms with E-state index in [9.17, 15) is 4.39 Å². The van der Waals surface area contributed by atoms with Gasteiger partial charge in [-0.25, -0.2) is 4.39 Å². The smallest absolute Gasteiger partial charge is 0.119 e. The lowest BCUT2D eigenvalue weighted by Gasteiger charge is -2.29. The molecule has 0 bridgehead atoms. The van der Waals surface area contributed by atoms with Crippen LogP contribution in [0.4, 0.5) is 4.39 Å². The number of halogens is 1. The monoisotopic (exact) mass is 222 g/mol. The predicted molar refractivity (Wildman–Crippen MR) is 63.3 cm³/mol. The Morgan fingerprint density at radius 2 is 2.12 bits per heavy atom. The second kappa shape index (κ2) is 4.91. The lowest BCUT2D eigenvalue weighted by atomic mass is 9.89. The highest BCUT2D eigenvalue weighted by molar-refractivity contribution is 5.15. The molecular formula is C13H19FN2. The van der Waals surface area contributed by atoms with Crippen LogP contribution in [-0.2, 0) is 12.8 Å². The molecule has 0 unspecified atom stereocenters. The Hall–Kier alpha value is -0.960. The van der Waals surface area contributed by atoms with Crippen molar-refractivity contribution < 1.29 is 4.39 Å². The molecule has 2 heterocycles. The van der Waals surface area contributed by atoms with Crippen molar-refractivity contribution in [1.29, 1.82) is 0 Å². The Kier molecular flexibility index (Phi) is 3.54. The minimum atomic E-state index is -1.05. The molecule has 16 heavy (non-hydrogen) atoms. The van der Waals surface area contributed by atoms with Crippen LogP contribution in [0.25, 0.3) is 0 Å². The van der Waals surface area contributed by atoms with Gasteiger partial charge in [0.2, 0.25) is 0 Å². The van der Waals surface area contributed by atoms with Crippen molar-refractivity contribution in [2.45, 2.75) is 38.3 Å². The fourth-order valence-electron chi connectivity index (χ4n) is 2.15. The van der Waals surface area contributed by atoms with Crippen LogP contribution in [0.15, 0.2) is 18.3 Å². The number of rotatable bonds is 3. The number of hydrogen-bond acceptors (Lipinski definition) is 2. The first-order valence-corrected chi connectivity index (χ1v) is 6.05. The van der Waals surface area contributed by atoms with Gasteiger partial charge in [0.05, 0.1) is 0 Å². The van der Waals surface area contributed by atoms with Crippen LogP contribution in [-0.4, -0.2) is 23.7 Å². The van der Waals surface area contributed by atoms with Crippen molar-refractivity contribution in [3.8, 4) is 0 Å². The van der Waals surface area contributed by atoms with E-state index in [1.807, 2.05) is 18.3 Å². The van der Waals surface area contributed by atoms with Crippen molar-refractivity contribution in [1.82, 2.24) is 10.3 Å². The summed E-state index contributed by atoms with van der Waals surface area (Å²) < 4.78 is 14.4. The third kappa shape index (κ3) is 2.79. The molecule has 1 aromatic rings. The molecule has 1 fully saturated rings. The first-order valence-electron chi connectivity index (χ1n) is 6.05. The number of nitrogens with zero attached hydrogens (tertiary/aromatic N) is 1. The van der Waals surface area contributed by atoms with Gasteiger partial charge >= 0.3 is 0 Å². The molecule has 2 rings (SSSR count). The first kappa shape index (κ1) is 11.5. The average molecular weight is 222 g/mol. The van der Waals surface area contributed by atoms with E-state index in [4.69, 9.17) is 0 Å². The molecule has 1 aromatic heterocycles. The normalized spacial score (nSPS) is 19.6. The van der Waals surface area contributed by atoms with E-state index in [1.165, 1.54) is 5.56 Å². The zero-order chi connectivity index (χ0) is 11.4. The molecule has 1 aliphatic rings. The Balaban J connectivity index is 2.01. The minimum Gasteiger partial charge on any atom is -0.316 e. The summed E-state index contributed by atoms with van der Waals surface area (Å²) in [5.41, 5.74) is 1.04. The van der Waals surface area contributed by atoms with Crippen LogP contribution < -0.4 is 5.32 Å². The molecule has 0 spiro atoms. The van der Waals surface area contributed by atoms with Gasteiger partial charge in [0, 0.05) is 18.3 Å². The molecule has 0 aliphatic carbocycles. The summed E-state index contributed by atoms with van der Waals surface area (Å²) >= 11 is 0. The van der Waals surface area contributed by atoms with Crippen LogP contribution in [0.1, 0.15) is 31.0 Å². The van der Waals surface area contributed by atoms with Gasteiger partial charge in [0.1, 0.15) is 5.67 Å². The fourth-order valence-corrected chi connectivity index (χ4v) is 2.15. The Morgan fingerprint density at radius 3 is 2.69 bits per heavy atom. The minimum absolute atomic E-state index is 0.457. The number of aryl methyl sites for hydroxylation is 1. The van der Waals surface area contributed by atoms with Crippen molar-refractivity contribution in [2.24, 2.45) is 0 Å². The van der Waals surface area contributed by atoms with Gasteiger partial charge in [-0.3, -0.25) is 4.98 Å². The van der Waals surface area contributed by atoms with E-state index < -0.39 is 5.67 Å². The predicted octanol–water partition coefficient (Wildman–Crippen LogP) is 2.28. The summed E-state index contributed by atoms with van der Waals surface area (Å²) in [6, 6.07) is 4.01. The number of nitrogens with one attached hydrogen (secondary N) is 1. The van der Waals surface area contributed by atoms with Crippen molar-refractivity contribution in [2.75, 3.05) is 13.1 Å². The van der Waals surface area contributed by atoms with Gasteiger partial charge in [-0.15, -0.1) is 0 Å². The molecule has 0 atom stereocenters. The Labute approximate surface area is 96.3 Å². The first-order chi connectivity index (χ1) is 7.72. The Morgan fingerprint density at radius 1 is 1.38 bits per heavy atom. The summed E-state index contributed by atoms with van der Waals surface area (Å²) in [5, 5.41) is 3.18. The third-order valence-corrected chi connectivity index (χ3v) is 3.29. The lowest BCUT2D eigenvalue weighted by molar-refractivity contribution is 0.115. The van der Waals surface area contributed by atoms with Gasteiger partial charge in [-0.05, 0) is 44.0 Å². The molecule has 1 saturated heterocycles. The van der Waals surface area contributed by atoms with Crippen LogP contribution >= 0.6 is 0 Å². The highest BCUT2D eigenvalue weighted by atomic mass is 19.1. The zero-order valence-corrected chi connectivity index (χ0v) is 9.80. The van der Waals surface area contributed by atoms with Crippen molar-refractivity contribution >= 4 is 0 Å². The van der Waals surface area contributed by atoms with Crippen LogP contribution in [0.5, 0.6) is 0 Å². The van der Waals surface area contributed by atoms with E-state index in [2.05, 4.69) is 17.2 Å². The third-order valence-electron chi connectivity index (χ3n) is 3.29. The van der Waals surface area contributed by atoms with E-state index in [1.54, 1.807) is 0 Å². The lowest BCUT2D eigenvalue weighted by Crippen LogP contribution is -2.40. The SMILES string of the molecule is CCc1ccc(CC2(F)CCNCC2)nc1. The highest BCUT2D eigenvalue weighted by Crippen LogP contribution is 2.27. The van der Waals surface area contributed by atoms with E-state index in [-0.39, 0.29) is 0 Å². The molecule has 88 valence electrons. The van der Waals surface area contributed by atoms with Crippen molar-refractivity contribution in [3.63, 3.8) is 0 Å².